The minimum absolute atomic E-state index is 0.00461. The summed E-state index contributed by atoms with van der Waals surface area (Å²) in [6, 6.07) is 1.78. The van der Waals surface area contributed by atoms with Crippen molar-refractivity contribution in [3.8, 4) is 0 Å². The summed E-state index contributed by atoms with van der Waals surface area (Å²) in [5.41, 5.74) is 13.5. The van der Waals surface area contributed by atoms with E-state index in [4.69, 9.17) is 34.7 Å². The smallest absolute Gasteiger partial charge is 0.245 e. The molecular weight excluding hydrogens is 463 g/mol. The van der Waals surface area contributed by atoms with E-state index in [1.165, 1.54) is 23.1 Å². The van der Waals surface area contributed by atoms with Gasteiger partial charge in [0.25, 0.3) is 0 Å². The van der Waals surface area contributed by atoms with Crippen LogP contribution >= 0.6 is 46.3 Å². The van der Waals surface area contributed by atoms with Crippen LogP contribution in [0.15, 0.2) is 28.4 Å². The third-order valence-electron chi connectivity index (χ3n) is 5.83. The first-order chi connectivity index (χ1) is 14.4. The molecule has 156 valence electrons. The van der Waals surface area contributed by atoms with E-state index in [0.29, 0.717) is 26.3 Å². The molecule has 30 heavy (non-hydrogen) atoms. The van der Waals surface area contributed by atoms with Gasteiger partial charge in [-0.3, -0.25) is 0 Å². The molecule has 0 amide bonds. The highest BCUT2D eigenvalue weighted by atomic mass is 35.5. The molecule has 8 nitrogen and oxygen atoms in total. The Bertz CT molecular complexity index is 1080. The molecule has 1 spiro atoms. The Kier molecular flexibility index (Phi) is 5.22. The van der Waals surface area contributed by atoms with Gasteiger partial charge in [-0.15, -0.1) is 21.5 Å². The van der Waals surface area contributed by atoms with E-state index < -0.39 is 0 Å². The van der Waals surface area contributed by atoms with E-state index in [1.54, 1.807) is 18.5 Å². The molecule has 0 bridgehead atoms. The third-order valence-corrected chi connectivity index (χ3v) is 8.58. The van der Waals surface area contributed by atoms with Crippen LogP contribution in [0.25, 0.3) is 0 Å². The molecule has 0 aromatic carbocycles. The van der Waals surface area contributed by atoms with Crippen molar-refractivity contribution in [3.05, 3.63) is 38.5 Å². The minimum Gasteiger partial charge on any atom is -0.382 e. The first-order valence-electron chi connectivity index (χ1n) is 9.38. The van der Waals surface area contributed by atoms with E-state index in [1.807, 2.05) is 0 Å². The average Bonchev–Trinajstić information content (AvgIpc) is 3.22. The van der Waals surface area contributed by atoms with Crippen molar-refractivity contribution in [2.24, 2.45) is 11.1 Å². The summed E-state index contributed by atoms with van der Waals surface area (Å²) in [7, 11) is 0. The van der Waals surface area contributed by atoms with Gasteiger partial charge < -0.3 is 16.4 Å². The first-order valence-corrected chi connectivity index (χ1v) is 11.8. The van der Waals surface area contributed by atoms with E-state index in [0.717, 1.165) is 47.8 Å². The summed E-state index contributed by atoms with van der Waals surface area (Å²) in [5, 5.41) is 9.67. The van der Waals surface area contributed by atoms with Crippen molar-refractivity contribution in [2.45, 2.75) is 35.2 Å². The van der Waals surface area contributed by atoms with Crippen LogP contribution in [0.4, 0.5) is 11.8 Å². The molecule has 1 aliphatic heterocycles. The molecule has 3 aromatic heterocycles. The molecule has 1 aliphatic carbocycles. The van der Waals surface area contributed by atoms with Crippen LogP contribution in [-0.2, 0) is 6.42 Å². The molecule has 1 fully saturated rings. The van der Waals surface area contributed by atoms with Crippen LogP contribution < -0.4 is 16.4 Å². The standard InChI is InChI=1S/C18H18Cl2N8S2/c19-12-10(1-4-23-15(12)22)29-11-8-24-17(27-26-11)28-5-2-18(3-6-28)7-9-13(14(18)21)30-16(20)25-9/h1,4,8,14H,2-3,5-7,21H2,(H2,22,23). The van der Waals surface area contributed by atoms with E-state index in [2.05, 4.69) is 30.0 Å². The highest BCUT2D eigenvalue weighted by Crippen LogP contribution is 2.53. The maximum atomic E-state index is 6.59. The predicted molar refractivity (Wildman–Crippen MR) is 119 cm³/mol. The van der Waals surface area contributed by atoms with Gasteiger partial charge in [-0.05, 0) is 30.7 Å². The number of anilines is 2. The number of nitrogens with two attached hydrogens (primary N) is 2. The van der Waals surface area contributed by atoms with Crippen molar-refractivity contribution >= 4 is 58.1 Å². The lowest BCUT2D eigenvalue weighted by Crippen LogP contribution is -2.45. The molecule has 4 N–H and O–H groups in total. The van der Waals surface area contributed by atoms with Crippen LogP contribution in [0.5, 0.6) is 0 Å². The lowest BCUT2D eigenvalue weighted by atomic mass is 9.74. The number of pyridine rings is 1. The monoisotopic (exact) mass is 480 g/mol. The first kappa shape index (κ1) is 20.2. The number of piperidine rings is 1. The lowest BCUT2D eigenvalue weighted by Gasteiger charge is -2.41. The Morgan fingerprint density at radius 1 is 1.20 bits per heavy atom. The van der Waals surface area contributed by atoms with Gasteiger partial charge in [0.05, 0.1) is 16.9 Å². The molecule has 5 rings (SSSR count). The van der Waals surface area contributed by atoms with Crippen LogP contribution in [0, 0.1) is 5.41 Å². The van der Waals surface area contributed by atoms with Crippen molar-refractivity contribution in [2.75, 3.05) is 23.7 Å². The molecule has 12 heteroatoms. The zero-order valence-corrected chi connectivity index (χ0v) is 18.9. The third kappa shape index (κ3) is 3.50. The molecule has 2 aliphatic rings. The number of nitrogens with zero attached hydrogens (tertiary/aromatic N) is 6. The van der Waals surface area contributed by atoms with Crippen molar-refractivity contribution in [1.29, 1.82) is 0 Å². The second kappa shape index (κ2) is 7.76. The van der Waals surface area contributed by atoms with Gasteiger partial charge in [0, 0.05) is 35.1 Å². The minimum atomic E-state index is -0.00461. The maximum absolute atomic E-state index is 6.59. The number of hydrogen-bond donors (Lipinski definition) is 2. The number of fused-ring (bicyclic) bond motifs is 1. The summed E-state index contributed by atoms with van der Waals surface area (Å²) in [6.45, 7) is 1.66. The Labute approximate surface area is 191 Å². The molecule has 0 radical (unpaired) electrons. The summed E-state index contributed by atoms with van der Waals surface area (Å²) in [5.74, 6) is 0.912. The number of rotatable bonds is 3. The number of aromatic nitrogens is 5. The number of hydrogen-bond acceptors (Lipinski definition) is 10. The molecule has 0 saturated carbocycles. The Hall–Kier alpha value is -1.72. The normalized spacial score (nSPS) is 20.0. The van der Waals surface area contributed by atoms with E-state index in [9.17, 15) is 0 Å². The highest BCUT2D eigenvalue weighted by molar-refractivity contribution is 7.99. The SMILES string of the molecule is Nc1nccc(Sc2cnc(N3CCC4(CC3)Cc3nc(Cl)sc3C4N)nn2)c1Cl. The zero-order chi connectivity index (χ0) is 20.9. The molecule has 1 saturated heterocycles. The summed E-state index contributed by atoms with van der Waals surface area (Å²) >= 11 is 15.1. The van der Waals surface area contributed by atoms with Gasteiger partial charge in [0.1, 0.15) is 10.8 Å². The topological polar surface area (TPSA) is 120 Å². The summed E-state index contributed by atoms with van der Waals surface area (Å²) in [6.07, 6.45) is 6.12. The van der Waals surface area contributed by atoms with Gasteiger partial charge in [-0.2, -0.15) is 0 Å². The second-order valence-electron chi connectivity index (χ2n) is 7.49. The lowest BCUT2D eigenvalue weighted by molar-refractivity contribution is 0.187. The van der Waals surface area contributed by atoms with Gasteiger partial charge in [0.15, 0.2) is 4.47 Å². The number of thiazole rings is 1. The molecule has 4 heterocycles. The van der Waals surface area contributed by atoms with Crippen LogP contribution in [0.3, 0.4) is 0 Å². The Morgan fingerprint density at radius 3 is 2.70 bits per heavy atom. The zero-order valence-electron chi connectivity index (χ0n) is 15.8. The van der Waals surface area contributed by atoms with Crippen LogP contribution in [0.2, 0.25) is 9.49 Å². The van der Waals surface area contributed by atoms with Crippen molar-refractivity contribution in [1.82, 2.24) is 25.1 Å². The van der Waals surface area contributed by atoms with Crippen molar-refractivity contribution in [3.63, 3.8) is 0 Å². The van der Waals surface area contributed by atoms with Gasteiger partial charge in [0.2, 0.25) is 5.95 Å². The van der Waals surface area contributed by atoms with Gasteiger partial charge in [-0.1, -0.05) is 35.0 Å². The molecule has 3 aromatic rings. The van der Waals surface area contributed by atoms with Crippen LogP contribution in [-0.4, -0.2) is 38.2 Å². The predicted octanol–water partition coefficient (Wildman–Crippen LogP) is 3.61. The maximum Gasteiger partial charge on any atom is 0.245 e. The molecular formula is C18H18Cl2N8S2. The fourth-order valence-corrected chi connectivity index (χ4v) is 6.41. The second-order valence-corrected chi connectivity index (χ2v) is 10.5. The van der Waals surface area contributed by atoms with Crippen LogP contribution in [0.1, 0.15) is 29.5 Å². The number of nitrogen functional groups attached to an aromatic ring is 1. The highest BCUT2D eigenvalue weighted by Gasteiger charge is 2.48. The fraction of sp³-hybridized carbons (Fsp3) is 0.389. The average molecular weight is 481 g/mol. The fourth-order valence-electron chi connectivity index (χ4n) is 4.15. The molecule has 1 atom stereocenters. The summed E-state index contributed by atoms with van der Waals surface area (Å²) in [4.78, 5) is 17.0. The largest absolute Gasteiger partial charge is 0.382 e. The Morgan fingerprint density at radius 2 is 2.00 bits per heavy atom. The van der Waals surface area contributed by atoms with E-state index in [-0.39, 0.29) is 11.5 Å². The summed E-state index contributed by atoms with van der Waals surface area (Å²) < 4.78 is 0.580. The number of halogens is 2. The molecule has 1 unspecified atom stereocenters. The van der Waals surface area contributed by atoms with Crippen molar-refractivity contribution < 1.29 is 0 Å². The van der Waals surface area contributed by atoms with E-state index >= 15 is 0 Å². The van der Waals surface area contributed by atoms with Gasteiger partial charge >= 0.3 is 0 Å². The Balaban J connectivity index is 1.25. The van der Waals surface area contributed by atoms with Gasteiger partial charge in [-0.25, -0.2) is 15.0 Å². The quantitative estimate of drug-likeness (QED) is 0.578.